The lowest BCUT2D eigenvalue weighted by atomic mass is 10.5. The smallest absolute Gasteiger partial charge is 0.0916 e. The van der Waals surface area contributed by atoms with Crippen LogP contribution < -0.4 is 11.2 Å². The van der Waals surface area contributed by atoms with Crippen LogP contribution in [0.1, 0.15) is 13.3 Å². The Morgan fingerprint density at radius 3 is 2.73 bits per heavy atom. The van der Waals surface area contributed by atoms with Crippen molar-refractivity contribution in [3.05, 3.63) is 0 Å². The van der Waals surface area contributed by atoms with Crippen molar-refractivity contribution in [2.75, 3.05) is 32.9 Å². The highest BCUT2D eigenvalue weighted by Crippen LogP contribution is 1.79. The first-order valence-corrected chi connectivity index (χ1v) is 4.04. The van der Waals surface area contributed by atoms with Gasteiger partial charge in [-0.05, 0) is 6.42 Å². The monoisotopic (exact) mass is 162 g/mol. The third kappa shape index (κ3) is 9.84. The third-order valence-corrected chi connectivity index (χ3v) is 1.03. The van der Waals surface area contributed by atoms with Gasteiger partial charge in [-0.1, -0.05) is 6.92 Å². The molecule has 0 bridgehead atoms. The fraction of sp³-hybridized carbons (Fsp3) is 1.00. The van der Waals surface area contributed by atoms with E-state index in [-0.39, 0.29) is 0 Å². The van der Waals surface area contributed by atoms with Crippen molar-refractivity contribution < 1.29 is 9.57 Å². The van der Waals surface area contributed by atoms with E-state index in [0.29, 0.717) is 26.3 Å². The van der Waals surface area contributed by atoms with Crippen LogP contribution in [0.2, 0.25) is 0 Å². The van der Waals surface area contributed by atoms with E-state index in [1.54, 1.807) is 0 Å². The molecule has 0 atom stereocenters. The second-order valence-electron chi connectivity index (χ2n) is 2.14. The zero-order valence-corrected chi connectivity index (χ0v) is 7.14. The molecule has 0 heterocycles. The van der Waals surface area contributed by atoms with Gasteiger partial charge in [-0.2, -0.15) is 0 Å². The molecule has 0 saturated carbocycles. The Labute approximate surface area is 68.0 Å². The molecule has 0 aromatic heterocycles. The molecule has 0 aromatic carbocycles. The summed E-state index contributed by atoms with van der Waals surface area (Å²) >= 11 is 0. The highest BCUT2D eigenvalue weighted by atomic mass is 16.7. The summed E-state index contributed by atoms with van der Waals surface area (Å²) < 4.78 is 5.17. The Hall–Kier alpha value is -0.160. The SMILES string of the molecule is CCCOCCONCCN. The van der Waals surface area contributed by atoms with Gasteiger partial charge in [0, 0.05) is 19.7 Å². The minimum Gasteiger partial charge on any atom is -0.379 e. The molecule has 4 nitrogen and oxygen atoms in total. The van der Waals surface area contributed by atoms with E-state index in [9.17, 15) is 0 Å². The first-order chi connectivity index (χ1) is 5.41. The fourth-order valence-corrected chi connectivity index (χ4v) is 0.550. The van der Waals surface area contributed by atoms with Gasteiger partial charge in [0.15, 0.2) is 0 Å². The molecule has 0 rings (SSSR count). The van der Waals surface area contributed by atoms with Crippen molar-refractivity contribution in [2.24, 2.45) is 5.73 Å². The zero-order chi connectivity index (χ0) is 8.36. The quantitative estimate of drug-likeness (QED) is 0.386. The van der Waals surface area contributed by atoms with E-state index in [2.05, 4.69) is 12.4 Å². The Morgan fingerprint density at radius 2 is 2.09 bits per heavy atom. The molecule has 0 aliphatic carbocycles. The van der Waals surface area contributed by atoms with E-state index in [1.165, 1.54) is 0 Å². The first kappa shape index (κ1) is 10.8. The molecular weight excluding hydrogens is 144 g/mol. The van der Waals surface area contributed by atoms with Gasteiger partial charge < -0.3 is 10.5 Å². The van der Waals surface area contributed by atoms with Crippen LogP contribution in [0.15, 0.2) is 0 Å². The van der Waals surface area contributed by atoms with Crippen LogP contribution >= 0.6 is 0 Å². The Kier molecular flexibility index (Phi) is 9.70. The normalized spacial score (nSPS) is 10.4. The van der Waals surface area contributed by atoms with Crippen LogP contribution in [0.25, 0.3) is 0 Å². The van der Waals surface area contributed by atoms with E-state index >= 15 is 0 Å². The predicted molar refractivity (Wildman–Crippen MR) is 44.1 cm³/mol. The number of nitrogens with two attached hydrogens (primary N) is 1. The van der Waals surface area contributed by atoms with E-state index in [0.717, 1.165) is 13.0 Å². The van der Waals surface area contributed by atoms with Crippen LogP contribution in [-0.2, 0) is 9.57 Å². The Bertz CT molecular complexity index is 63.5. The molecule has 68 valence electrons. The molecule has 4 heteroatoms. The van der Waals surface area contributed by atoms with Crippen LogP contribution in [0.3, 0.4) is 0 Å². The fourth-order valence-electron chi connectivity index (χ4n) is 0.550. The molecule has 0 spiro atoms. The minimum absolute atomic E-state index is 0.583. The Balaban J connectivity index is 2.69. The molecule has 0 saturated heterocycles. The number of hydrogen-bond donors (Lipinski definition) is 2. The molecule has 0 aromatic rings. The molecule has 0 amide bonds. The Morgan fingerprint density at radius 1 is 1.27 bits per heavy atom. The average molecular weight is 162 g/mol. The molecule has 3 N–H and O–H groups in total. The van der Waals surface area contributed by atoms with Gasteiger partial charge in [0.2, 0.25) is 0 Å². The largest absolute Gasteiger partial charge is 0.379 e. The standard InChI is InChI=1S/C7H18N2O2/c1-2-5-10-6-7-11-9-4-3-8/h9H,2-8H2,1H3. The molecule has 0 radical (unpaired) electrons. The highest BCUT2D eigenvalue weighted by Gasteiger charge is 1.86. The molecule has 0 fully saturated rings. The lowest BCUT2D eigenvalue weighted by Crippen LogP contribution is -2.24. The second-order valence-corrected chi connectivity index (χ2v) is 2.14. The van der Waals surface area contributed by atoms with Crippen molar-refractivity contribution in [3.63, 3.8) is 0 Å². The summed E-state index contributed by atoms with van der Waals surface area (Å²) in [6.45, 7) is 5.39. The summed E-state index contributed by atoms with van der Waals surface area (Å²) in [6.07, 6.45) is 1.05. The predicted octanol–water partition coefficient (Wildman–Crippen LogP) is -0.107. The summed E-state index contributed by atoms with van der Waals surface area (Å²) in [5.74, 6) is 0. The number of hydroxylamine groups is 1. The van der Waals surface area contributed by atoms with Crippen molar-refractivity contribution in [2.45, 2.75) is 13.3 Å². The molecular formula is C7H18N2O2. The molecule has 0 aliphatic rings. The second kappa shape index (κ2) is 9.84. The topological polar surface area (TPSA) is 56.5 Å². The number of nitrogens with one attached hydrogen (secondary N) is 1. The van der Waals surface area contributed by atoms with Crippen LogP contribution in [0, 0.1) is 0 Å². The summed E-state index contributed by atoms with van der Waals surface area (Å²) in [7, 11) is 0. The van der Waals surface area contributed by atoms with Crippen molar-refractivity contribution in [1.29, 1.82) is 0 Å². The van der Waals surface area contributed by atoms with Gasteiger partial charge in [-0.3, -0.25) is 4.84 Å². The maximum Gasteiger partial charge on any atom is 0.0916 e. The average Bonchev–Trinajstić information content (AvgIpc) is 2.03. The van der Waals surface area contributed by atoms with E-state index in [1.807, 2.05) is 0 Å². The van der Waals surface area contributed by atoms with Gasteiger partial charge >= 0.3 is 0 Å². The van der Waals surface area contributed by atoms with Crippen LogP contribution in [0.4, 0.5) is 0 Å². The van der Waals surface area contributed by atoms with E-state index in [4.69, 9.17) is 15.3 Å². The molecule has 0 unspecified atom stereocenters. The first-order valence-electron chi connectivity index (χ1n) is 4.04. The van der Waals surface area contributed by atoms with Crippen molar-refractivity contribution in [1.82, 2.24) is 5.48 Å². The van der Waals surface area contributed by atoms with Gasteiger partial charge in [0.25, 0.3) is 0 Å². The number of hydrogen-bond acceptors (Lipinski definition) is 4. The van der Waals surface area contributed by atoms with Gasteiger partial charge in [-0.25, -0.2) is 5.48 Å². The van der Waals surface area contributed by atoms with Gasteiger partial charge in [0.1, 0.15) is 0 Å². The minimum atomic E-state index is 0.583. The van der Waals surface area contributed by atoms with Crippen molar-refractivity contribution in [3.8, 4) is 0 Å². The third-order valence-electron chi connectivity index (χ3n) is 1.03. The summed E-state index contributed by atoms with van der Waals surface area (Å²) in [6, 6.07) is 0. The summed E-state index contributed by atoms with van der Waals surface area (Å²) in [4.78, 5) is 4.97. The van der Waals surface area contributed by atoms with E-state index < -0.39 is 0 Å². The maximum absolute atomic E-state index is 5.22. The summed E-state index contributed by atoms with van der Waals surface area (Å²) in [5.41, 5.74) is 7.92. The van der Waals surface area contributed by atoms with Crippen molar-refractivity contribution >= 4 is 0 Å². The zero-order valence-electron chi connectivity index (χ0n) is 7.14. The van der Waals surface area contributed by atoms with Crippen LogP contribution in [-0.4, -0.2) is 32.9 Å². The number of rotatable bonds is 8. The lowest BCUT2D eigenvalue weighted by molar-refractivity contribution is -0.00311. The highest BCUT2D eigenvalue weighted by molar-refractivity contribution is 4.33. The molecule has 11 heavy (non-hydrogen) atoms. The van der Waals surface area contributed by atoms with Crippen LogP contribution in [0.5, 0.6) is 0 Å². The maximum atomic E-state index is 5.22. The number of ether oxygens (including phenoxy) is 1. The summed E-state index contributed by atoms with van der Waals surface area (Å²) in [5, 5.41) is 0. The van der Waals surface area contributed by atoms with Gasteiger partial charge in [0.05, 0.1) is 13.2 Å². The van der Waals surface area contributed by atoms with Gasteiger partial charge in [-0.15, -0.1) is 0 Å². The lowest BCUT2D eigenvalue weighted by Gasteiger charge is -2.04. The molecule has 0 aliphatic heterocycles.